The molecule has 0 heterocycles. The number of carboxylic acids is 1. The van der Waals surface area contributed by atoms with E-state index in [1.807, 2.05) is 66.7 Å². The van der Waals surface area contributed by atoms with Crippen molar-refractivity contribution in [3.63, 3.8) is 0 Å². The molecule has 3 atom stereocenters. The zero-order chi connectivity index (χ0) is 25.5. The lowest BCUT2D eigenvalue weighted by Gasteiger charge is -2.55. The van der Waals surface area contributed by atoms with E-state index < -0.39 is 11.6 Å². The largest absolute Gasteiger partial charge is 0.478 e. The summed E-state index contributed by atoms with van der Waals surface area (Å²) in [6.07, 6.45) is 5.11. The van der Waals surface area contributed by atoms with Crippen LogP contribution in [0.3, 0.4) is 0 Å². The van der Waals surface area contributed by atoms with Gasteiger partial charge in [-0.25, -0.2) is 4.79 Å². The number of aliphatic hydroxyl groups is 1. The van der Waals surface area contributed by atoms with Crippen LogP contribution in [-0.4, -0.2) is 16.2 Å². The first kappa shape index (κ1) is 23.4. The zero-order valence-electron chi connectivity index (χ0n) is 20.7. The maximum atomic E-state index is 12.5. The Hall–Kier alpha value is -3.95. The van der Waals surface area contributed by atoms with Gasteiger partial charge in [0.1, 0.15) is 5.60 Å². The van der Waals surface area contributed by atoms with Gasteiger partial charge in [0.2, 0.25) is 0 Å². The number of carboxylic acid groups (broad SMARTS) is 1. The topological polar surface area (TPSA) is 57.5 Å². The SMILES string of the molecule is O=C(O)c1ccc2c(c1)CC[C@@H]1C[C@@](O)(c3ccccc3)/C(=C/c3ccccc3)CC21c1ccccc1. The highest BCUT2D eigenvalue weighted by atomic mass is 16.4. The summed E-state index contributed by atoms with van der Waals surface area (Å²) in [5.74, 6) is -0.707. The van der Waals surface area contributed by atoms with Gasteiger partial charge >= 0.3 is 5.97 Å². The number of hydrogen-bond donors (Lipinski definition) is 2. The molecule has 0 radical (unpaired) electrons. The Morgan fingerprint density at radius 2 is 1.43 bits per heavy atom. The molecule has 0 saturated heterocycles. The van der Waals surface area contributed by atoms with Gasteiger partial charge in [-0.3, -0.25) is 0 Å². The lowest BCUT2D eigenvalue weighted by molar-refractivity contribution is 0.00189. The van der Waals surface area contributed by atoms with Crippen molar-refractivity contribution >= 4 is 12.0 Å². The number of aromatic carboxylic acids is 1. The van der Waals surface area contributed by atoms with Crippen molar-refractivity contribution in [1.29, 1.82) is 0 Å². The third kappa shape index (κ3) is 3.91. The van der Waals surface area contributed by atoms with Crippen LogP contribution in [0.1, 0.15) is 57.4 Å². The van der Waals surface area contributed by atoms with Crippen molar-refractivity contribution < 1.29 is 15.0 Å². The molecule has 0 bridgehead atoms. The van der Waals surface area contributed by atoms with Crippen LogP contribution < -0.4 is 0 Å². The fourth-order valence-corrected chi connectivity index (χ4v) is 6.78. The van der Waals surface area contributed by atoms with Gasteiger partial charge in [-0.2, -0.15) is 0 Å². The van der Waals surface area contributed by atoms with Crippen LogP contribution in [0.15, 0.2) is 115 Å². The number of hydrogen-bond acceptors (Lipinski definition) is 2. The summed E-state index contributed by atoms with van der Waals surface area (Å²) in [5.41, 5.74) is 5.37. The summed E-state index contributed by atoms with van der Waals surface area (Å²) >= 11 is 0. The van der Waals surface area contributed by atoms with Gasteiger partial charge in [0.25, 0.3) is 0 Å². The molecule has 1 unspecified atom stereocenters. The highest BCUT2D eigenvalue weighted by molar-refractivity contribution is 5.88. The van der Waals surface area contributed by atoms with E-state index in [1.54, 1.807) is 6.07 Å². The molecular weight excluding hydrogens is 456 g/mol. The molecule has 1 saturated carbocycles. The van der Waals surface area contributed by atoms with E-state index in [1.165, 1.54) is 11.1 Å². The average Bonchev–Trinajstić information content (AvgIpc) is 2.94. The summed E-state index contributed by atoms with van der Waals surface area (Å²) in [7, 11) is 0. The minimum Gasteiger partial charge on any atom is -0.478 e. The third-order valence-corrected chi connectivity index (χ3v) is 8.51. The Labute approximate surface area is 217 Å². The Bertz CT molecular complexity index is 1460. The summed E-state index contributed by atoms with van der Waals surface area (Å²) in [5, 5.41) is 22.1. The fourth-order valence-electron chi connectivity index (χ4n) is 6.78. The number of rotatable bonds is 4. The maximum absolute atomic E-state index is 12.5. The van der Waals surface area contributed by atoms with Crippen molar-refractivity contribution in [3.05, 3.63) is 148 Å². The van der Waals surface area contributed by atoms with Crippen LogP contribution >= 0.6 is 0 Å². The highest BCUT2D eigenvalue weighted by Crippen LogP contribution is 2.60. The van der Waals surface area contributed by atoms with E-state index in [-0.39, 0.29) is 11.3 Å². The van der Waals surface area contributed by atoms with Crippen LogP contribution in [0.2, 0.25) is 0 Å². The predicted molar refractivity (Wildman–Crippen MR) is 146 cm³/mol. The normalized spacial score (nSPS) is 25.8. The molecule has 0 amide bonds. The van der Waals surface area contributed by atoms with E-state index in [9.17, 15) is 15.0 Å². The summed E-state index contributed by atoms with van der Waals surface area (Å²) in [6.45, 7) is 0. The van der Waals surface area contributed by atoms with Crippen LogP contribution in [0.5, 0.6) is 0 Å². The Kier molecular flexibility index (Phi) is 5.81. The van der Waals surface area contributed by atoms with Gasteiger partial charge in [0.05, 0.1) is 5.56 Å². The first-order chi connectivity index (χ1) is 18.0. The van der Waals surface area contributed by atoms with Crippen LogP contribution in [-0.2, 0) is 17.4 Å². The van der Waals surface area contributed by atoms with E-state index >= 15 is 0 Å². The van der Waals surface area contributed by atoms with Crippen LogP contribution in [0.25, 0.3) is 6.08 Å². The lowest BCUT2D eigenvalue weighted by atomic mass is 9.50. The fraction of sp³-hybridized carbons (Fsp3) is 0.206. The van der Waals surface area contributed by atoms with Gasteiger partial charge in [0, 0.05) is 5.41 Å². The molecule has 2 N–H and O–H groups in total. The second-order valence-corrected chi connectivity index (χ2v) is 10.4. The zero-order valence-corrected chi connectivity index (χ0v) is 20.7. The molecule has 6 rings (SSSR count). The van der Waals surface area contributed by atoms with Gasteiger partial charge in [-0.05, 0) is 77.1 Å². The monoisotopic (exact) mass is 486 g/mol. The van der Waals surface area contributed by atoms with Crippen molar-refractivity contribution in [2.24, 2.45) is 5.92 Å². The van der Waals surface area contributed by atoms with Gasteiger partial charge in [0.15, 0.2) is 0 Å². The summed E-state index contributed by atoms with van der Waals surface area (Å²) in [4.78, 5) is 11.8. The molecule has 3 heteroatoms. The van der Waals surface area contributed by atoms with Crippen LogP contribution in [0, 0.1) is 5.92 Å². The van der Waals surface area contributed by atoms with Gasteiger partial charge in [-0.15, -0.1) is 0 Å². The smallest absolute Gasteiger partial charge is 0.335 e. The number of aryl methyl sites for hydroxylation is 1. The van der Waals surface area contributed by atoms with E-state index in [4.69, 9.17) is 0 Å². The molecule has 37 heavy (non-hydrogen) atoms. The second-order valence-electron chi connectivity index (χ2n) is 10.4. The Balaban J connectivity index is 1.59. The summed E-state index contributed by atoms with van der Waals surface area (Å²) < 4.78 is 0. The van der Waals surface area contributed by atoms with Crippen molar-refractivity contribution in [3.8, 4) is 0 Å². The molecule has 2 aliphatic carbocycles. The standard InChI is InChI=1S/C34H30O3/c35-32(36)26-17-19-31-25(21-26)16-18-29-23-34(37,28-14-8-3-9-15-28)30(20-24-10-4-1-5-11-24)22-33(29,31)27-12-6-2-7-13-27/h1-15,17,19-21,29,37H,16,18,22-23H2,(H,35,36)/b30-20+/t29-,33?,34-/m1/s1. The molecule has 2 aliphatic rings. The lowest BCUT2D eigenvalue weighted by Crippen LogP contribution is -2.51. The second kappa shape index (κ2) is 9.17. The molecule has 4 aromatic carbocycles. The highest BCUT2D eigenvalue weighted by Gasteiger charge is 2.55. The molecule has 0 spiro atoms. The molecule has 1 fully saturated rings. The predicted octanol–water partition coefficient (Wildman–Crippen LogP) is 7.00. The van der Waals surface area contributed by atoms with E-state index in [0.717, 1.165) is 35.1 Å². The van der Waals surface area contributed by atoms with E-state index in [0.29, 0.717) is 18.4 Å². The van der Waals surface area contributed by atoms with Gasteiger partial charge in [-0.1, -0.05) is 103 Å². The summed E-state index contributed by atoms with van der Waals surface area (Å²) in [6, 6.07) is 36.5. The minimum atomic E-state index is -1.08. The van der Waals surface area contributed by atoms with Crippen molar-refractivity contribution in [2.75, 3.05) is 0 Å². The Morgan fingerprint density at radius 1 is 0.811 bits per heavy atom. The number of carbonyl (C=O) groups is 1. The molecule has 0 aromatic heterocycles. The first-order valence-electron chi connectivity index (χ1n) is 13.0. The molecule has 4 aromatic rings. The molecule has 184 valence electrons. The number of benzene rings is 4. The quantitative estimate of drug-likeness (QED) is 0.327. The number of fused-ring (bicyclic) bond motifs is 3. The molecular formula is C34H30O3. The van der Waals surface area contributed by atoms with Crippen LogP contribution in [0.4, 0.5) is 0 Å². The molecule has 3 nitrogen and oxygen atoms in total. The Morgan fingerprint density at radius 3 is 2.08 bits per heavy atom. The van der Waals surface area contributed by atoms with Crippen molar-refractivity contribution in [1.82, 2.24) is 0 Å². The van der Waals surface area contributed by atoms with Gasteiger partial charge < -0.3 is 10.2 Å². The maximum Gasteiger partial charge on any atom is 0.335 e. The van der Waals surface area contributed by atoms with E-state index in [2.05, 4.69) is 42.5 Å². The minimum absolute atomic E-state index is 0.191. The first-order valence-corrected chi connectivity index (χ1v) is 13.0. The third-order valence-electron chi connectivity index (χ3n) is 8.51. The molecule has 0 aliphatic heterocycles. The average molecular weight is 487 g/mol. The van der Waals surface area contributed by atoms with Crippen molar-refractivity contribution in [2.45, 2.75) is 36.7 Å².